The van der Waals surface area contributed by atoms with Gasteiger partial charge in [0.15, 0.2) is 0 Å². The van der Waals surface area contributed by atoms with Crippen LogP contribution in [0.25, 0.3) is 60.9 Å². The highest BCUT2D eigenvalue weighted by atomic mass is 15.0. The first-order valence-corrected chi connectivity index (χ1v) is 20.4. The van der Waals surface area contributed by atoms with Gasteiger partial charge in [-0.15, -0.1) is 0 Å². The summed E-state index contributed by atoms with van der Waals surface area (Å²) in [5.74, 6) is 0.187. The minimum atomic E-state index is -0.168. The normalized spacial score (nSPS) is 14.9. The lowest BCUT2D eigenvalue weighted by atomic mass is 9.78. The molecule has 9 aromatic rings. The van der Waals surface area contributed by atoms with E-state index >= 15 is 0 Å². The van der Waals surface area contributed by atoms with Gasteiger partial charge in [0, 0.05) is 33.2 Å². The molecular formula is C56H45N. The summed E-state index contributed by atoms with van der Waals surface area (Å²) in [5.41, 5.74) is 21.2. The molecule has 0 bridgehead atoms. The van der Waals surface area contributed by atoms with Gasteiger partial charge >= 0.3 is 0 Å². The average molecular weight is 732 g/mol. The Morgan fingerprint density at radius 2 is 0.930 bits per heavy atom. The van der Waals surface area contributed by atoms with Crippen LogP contribution in [0.4, 0.5) is 0 Å². The molecular weight excluding hydrogens is 687 g/mol. The van der Waals surface area contributed by atoms with Crippen molar-refractivity contribution in [2.24, 2.45) is 0 Å². The number of benzene rings is 8. The lowest BCUT2D eigenvalue weighted by Crippen LogP contribution is -2.17. The molecule has 11 rings (SSSR count). The van der Waals surface area contributed by atoms with Gasteiger partial charge in [0.1, 0.15) is 0 Å². The number of para-hydroxylation sites is 2. The topological polar surface area (TPSA) is 4.93 Å². The van der Waals surface area contributed by atoms with E-state index in [0.717, 1.165) is 6.42 Å². The van der Waals surface area contributed by atoms with E-state index in [1.165, 1.54) is 99.8 Å². The predicted octanol–water partition coefficient (Wildman–Crippen LogP) is 14.4. The van der Waals surface area contributed by atoms with E-state index in [-0.39, 0.29) is 16.7 Å². The molecule has 0 saturated carbocycles. The number of hydrogen-bond donors (Lipinski definition) is 0. The van der Waals surface area contributed by atoms with Crippen LogP contribution in [0, 0.1) is 0 Å². The minimum Gasteiger partial charge on any atom is -0.309 e. The van der Waals surface area contributed by atoms with Crippen LogP contribution in [0.2, 0.25) is 0 Å². The van der Waals surface area contributed by atoms with Crippen molar-refractivity contribution >= 4 is 21.8 Å². The van der Waals surface area contributed by atoms with Gasteiger partial charge < -0.3 is 4.57 Å². The molecule has 0 radical (unpaired) electrons. The van der Waals surface area contributed by atoms with Gasteiger partial charge in [-0.3, -0.25) is 0 Å². The Balaban J connectivity index is 1.02. The van der Waals surface area contributed by atoms with Crippen LogP contribution >= 0.6 is 0 Å². The van der Waals surface area contributed by atoms with Gasteiger partial charge in [0.2, 0.25) is 0 Å². The maximum absolute atomic E-state index is 2.55. The van der Waals surface area contributed by atoms with E-state index in [0.29, 0.717) is 0 Å². The fourth-order valence-electron chi connectivity index (χ4n) is 10.4. The zero-order valence-electron chi connectivity index (χ0n) is 33.1. The first kappa shape index (κ1) is 33.9. The Labute approximate surface area is 335 Å². The Morgan fingerprint density at radius 1 is 0.404 bits per heavy atom. The van der Waals surface area contributed by atoms with Crippen LogP contribution in [0.5, 0.6) is 0 Å². The van der Waals surface area contributed by atoms with Crippen LogP contribution in [0.15, 0.2) is 182 Å². The van der Waals surface area contributed by atoms with Crippen LogP contribution in [-0.4, -0.2) is 4.57 Å². The molecule has 57 heavy (non-hydrogen) atoms. The largest absolute Gasteiger partial charge is 0.309 e. The summed E-state index contributed by atoms with van der Waals surface area (Å²) < 4.78 is 2.45. The van der Waals surface area contributed by atoms with Gasteiger partial charge in [-0.25, -0.2) is 0 Å². The maximum Gasteiger partial charge on any atom is 0.0541 e. The van der Waals surface area contributed by atoms with Gasteiger partial charge in [-0.1, -0.05) is 185 Å². The van der Waals surface area contributed by atoms with Crippen LogP contribution in [-0.2, 0) is 17.3 Å². The van der Waals surface area contributed by atoms with E-state index in [9.17, 15) is 0 Å². The number of nitrogens with zero attached hydrogens (tertiary/aromatic N) is 1. The molecule has 1 heterocycles. The van der Waals surface area contributed by atoms with Gasteiger partial charge in [0.25, 0.3) is 0 Å². The van der Waals surface area contributed by atoms with Crippen molar-refractivity contribution in [3.8, 4) is 39.1 Å². The molecule has 1 nitrogen and oxygen atoms in total. The maximum atomic E-state index is 2.55. The fraction of sp³-hybridized carbons (Fsp3) is 0.143. The molecule has 0 saturated heterocycles. The monoisotopic (exact) mass is 731 g/mol. The zero-order chi connectivity index (χ0) is 38.5. The standard InChI is InChI=1S/C56H45N/c1-55(2)49-19-11-8-16-42(49)48-33-39(27-31-50(48)55)47(32-36-22-24-38(25-23-36)37-14-6-5-7-15-37)40-26-29-43-44-30-28-41(35-52(44)56(3,4)51(43)34-40)57-53-20-12-9-17-45(53)46-18-10-13-21-54(46)57/h5-31,33-35,47H,32H2,1-4H3. The van der Waals surface area contributed by atoms with Gasteiger partial charge in [-0.05, 0) is 103 Å². The van der Waals surface area contributed by atoms with Crippen molar-refractivity contribution in [2.45, 2.75) is 50.9 Å². The SMILES string of the molecule is CC1(C)c2ccccc2-c2cc(C(Cc3ccc(-c4ccccc4)cc3)c3ccc4c(c3)C(C)(C)c3cc(-n5c6ccccc6c6ccccc65)ccc3-4)ccc21. The highest BCUT2D eigenvalue weighted by molar-refractivity contribution is 6.09. The van der Waals surface area contributed by atoms with Crippen molar-refractivity contribution in [1.29, 1.82) is 0 Å². The number of fused-ring (bicyclic) bond motifs is 9. The van der Waals surface area contributed by atoms with E-state index in [1.54, 1.807) is 0 Å². The Bertz CT molecular complexity index is 2980. The van der Waals surface area contributed by atoms with Crippen molar-refractivity contribution in [2.75, 3.05) is 0 Å². The average Bonchev–Trinajstić information content (AvgIpc) is 3.79. The summed E-state index contributed by atoms with van der Waals surface area (Å²) in [4.78, 5) is 0. The van der Waals surface area contributed by atoms with E-state index < -0.39 is 0 Å². The summed E-state index contributed by atoms with van der Waals surface area (Å²) in [6.07, 6.45) is 0.920. The molecule has 0 fully saturated rings. The summed E-state index contributed by atoms with van der Waals surface area (Å²) in [5, 5.41) is 2.58. The van der Waals surface area contributed by atoms with Gasteiger partial charge in [0.05, 0.1) is 11.0 Å². The van der Waals surface area contributed by atoms with Crippen LogP contribution in [0.1, 0.15) is 72.6 Å². The molecule has 1 aromatic heterocycles. The Morgan fingerprint density at radius 3 is 1.67 bits per heavy atom. The molecule has 0 aliphatic heterocycles. The lowest BCUT2D eigenvalue weighted by molar-refractivity contribution is 0.656. The van der Waals surface area contributed by atoms with Gasteiger partial charge in [-0.2, -0.15) is 0 Å². The predicted molar refractivity (Wildman–Crippen MR) is 240 cm³/mol. The molecule has 8 aromatic carbocycles. The first-order valence-electron chi connectivity index (χ1n) is 20.4. The van der Waals surface area contributed by atoms with Crippen molar-refractivity contribution < 1.29 is 0 Å². The summed E-state index contributed by atoms with van der Waals surface area (Å²) in [6.45, 7) is 9.58. The molecule has 1 heteroatoms. The second-order valence-electron chi connectivity index (χ2n) is 17.3. The Hall–Kier alpha value is -6.44. The number of hydrogen-bond acceptors (Lipinski definition) is 0. The number of rotatable bonds is 6. The molecule has 274 valence electrons. The molecule has 2 aliphatic carbocycles. The highest BCUT2D eigenvalue weighted by Crippen LogP contribution is 2.52. The smallest absolute Gasteiger partial charge is 0.0541 e. The first-order chi connectivity index (χ1) is 27.8. The number of aromatic nitrogens is 1. The molecule has 0 amide bonds. The fourth-order valence-corrected chi connectivity index (χ4v) is 10.4. The summed E-state index contributed by atoms with van der Waals surface area (Å²) >= 11 is 0. The van der Waals surface area contributed by atoms with E-state index in [4.69, 9.17) is 0 Å². The Kier molecular flexibility index (Phi) is 7.45. The van der Waals surface area contributed by atoms with Crippen molar-refractivity contribution in [3.63, 3.8) is 0 Å². The minimum absolute atomic E-state index is 0.0192. The van der Waals surface area contributed by atoms with Crippen LogP contribution < -0.4 is 0 Å². The van der Waals surface area contributed by atoms with E-state index in [2.05, 4.69) is 214 Å². The van der Waals surface area contributed by atoms with Crippen molar-refractivity contribution in [1.82, 2.24) is 4.57 Å². The summed E-state index contributed by atoms with van der Waals surface area (Å²) in [6, 6.07) is 68.4. The van der Waals surface area contributed by atoms with Crippen LogP contribution in [0.3, 0.4) is 0 Å². The third-order valence-corrected chi connectivity index (χ3v) is 13.4. The molecule has 2 aliphatic rings. The second-order valence-corrected chi connectivity index (χ2v) is 17.3. The van der Waals surface area contributed by atoms with Crippen molar-refractivity contribution in [3.05, 3.63) is 221 Å². The quantitative estimate of drug-likeness (QED) is 0.160. The molecule has 0 spiro atoms. The van der Waals surface area contributed by atoms with E-state index in [1.807, 2.05) is 0 Å². The third-order valence-electron chi connectivity index (χ3n) is 13.4. The lowest BCUT2D eigenvalue weighted by Gasteiger charge is -2.26. The molecule has 0 N–H and O–H groups in total. The zero-order valence-corrected chi connectivity index (χ0v) is 33.1. The molecule has 1 atom stereocenters. The highest BCUT2D eigenvalue weighted by Gasteiger charge is 2.38. The third kappa shape index (κ3) is 5.15. The second kappa shape index (κ2) is 12.5. The molecule has 1 unspecified atom stereocenters. The summed E-state index contributed by atoms with van der Waals surface area (Å²) in [7, 11) is 0.